The third kappa shape index (κ3) is 3.01. The molecule has 0 saturated heterocycles. The van der Waals surface area contributed by atoms with Gasteiger partial charge in [0, 0.05) is 23.4 Å². The van der Waals surface area contributed by atoms with E-state index >= 15 is 0 Å². The number of aromatic nitrogens is 3. The molecular weight excluding hydrogens is 302 g/mol. The molecule has 1 aliphatic rings. The molecule has 1 aliphatic carbocycles. The van der Waals surface area contributed by atoms with Crippen LogP contribution in [0.2, 0.25) is 0 Å². The highest BCUT2D eigenvalue weighted by Crippen LogP contribution is 2.31. The number of nitrogens with two attached hydrogens (primary N) is 1. The number of primary amides is 1. The molecule has 22 heavy (non-hydrogen) atoms. The van der Waals surface area contributed by atoms with Crippen molar-refractivity contribution >= 4 is 28.8 Å². The maximum Gasteiger partial charge on any atom is 0.227 e. The minimum Gasteiger partial charge on any atom is -0.369 e. The number of nitrogens with one attached hydrogen (secondary N) is 2. The molecule has 3 rings (SSSR count). The fourth-order valence-electron chi connectivity index (χ4n) is 2.81. The van der Waals surface area contributed by atoms with Crippen molar-refractivity contribution < 1.29 is 9.59 Å². The fourth-order valence-corrected chi connectivity index (χ4v) is 3.46. The van der Waals surface area contributed by atoms with Gasteiger partial charge in [-0.25, -0.2) is 4.98 Å². The van der Waals surface area contributed by atoms with Gasteiger partial charge in [-0.3, -0.25) is 14.7 Å². The summed E-state index contributed by atoms with van der Waals surface area (Å²) < 4.78 is 0. The van der Waals surface area contributed by atoms with E-state index in [1.165, 1.54) is 11.3 Å². The lowest BCUT2D eigenvalue weighted by molar-refractivity contribution is -0.125. The minimum absolute atomic E-state index is 0.0924. The minimum atomic E-state index is -0.315. The zero-order valence-electron chi connectivity index (χ0n) is 11.9. The van der Waals surface area contributed by atoms with Crippen molar-refractivity contribution in [3.05, 3.63) is 17.8 Å². The van der Waals surface area contributed by atoms with E-state index in [1.807, 2.05) is 5.38 Å². The van der Waals surface area contributed by atoms with E-state index in [2.05, 4.69) is 20.5 Å². The normalized spacial score (nSPS) is 21.5. The standard InChI is InChI=1S/C14H17N5O2S/c15-12(20)8-2-1-3-9(6-8)13(21)18-10-7-17-19-11(10)14-16-4-5-22-14/h4-5,7-9H,1-3,6H2,(H2,15,20)(H,17,19)(H,18,21). The van der Waals surface area contributed by atoms with E-state index < -0.39 is 0 Å². The third-order valence-corrected chi connectivity index (χ3v) is 4.78. The topological polar surface area (TPSA) is 114 Å². The quantitative estimate of drug-likeness (QED) is 0.796. The second-order valence-corrected chi connectivity index (χ2v) is 6.34. The number of carbonyl (C=O) groups is 2. The Balaban J connectivity index is 1.70. The number of nitrogens with zero attached hydrogens (tertiary/aromatic N) is 2. The number of thiazole rings is 1. The molecule has 8 heteroatoms. The fraction of sp³-hybridized carbons (Fsp3) is 0.429. The molecule has 2 atom stereocenters. The lowest BCUT2D eigenvalue weighted by atomic mass is 9.80. The zero-order valence-corrected chi connectivity index (χ0v) is 12.7. The van der Waals surface area contributed by atoms with Gasteiger partial charge in [0.15, 0.2) is 0 Å². The molecule has 1 fully saturated rings. The first kappa shape index (κ1) is 14.7. The molecule has 2 aromatic heterocycles. The van der Waals surface area contributed by atoms with Crippen molar-refractivity contribution in [3.8, 4) is 10.7 Å². The smallest absolute Gasteiger partial charge is 0.227 e. The number of carbonyl (C=O) groups excluding carboxylic acids is 2. The van der Waals surface area contributed by atoms with Crippen molar-refractivity contribution in [1.82, 2.24) is 15.2 Å². The number of amides is 2. The van der Waals surface area contributed by atoms with Gasteiger partial charge in [-0.05, 0) is 19.3 Å². The van der Waals surface area contributed by atoms with Crippen LogP contribution in [-0.2, 0) is 9.59 Å². The molecule has 0 radical (unpaired) electrons. The summed E-state index contributed by atoms with van der Waals surface area (Å²) in [7, 11) is 0. The van der Waals surface area contributed by atoms with Gasteiger partial charge in [-0.1, -0.05) is 6.42 Å². The van der Waals surface area contributed by atoms with Crippen LogP contribution in [-0.4, -0.2) is 27.0 Å². The first-order valence-electron chi connectivity index (χ1n) is 7.18. The molecule has 2 aromatic rings. The van der Waals surface area contributed by atoms with Gasteiger partial charge in [0.25, 0.3) is 0 Å². The summed E-state index contributed by atoms with van der Waals surface area (Å²) in [4.78, 5) is 28.0. The van der Waals surface area contributed by atoms with Crippen LogP contribution in [0.3, 0.4) is 0 Å². The number of hydrogen-bond donors (Lipinski definition) is 3. The van der Waals surface area contributed by atoms with E-state index in [-0.39, 0.29) is 23.7 Å². The molecule has 0 bridgehead atoms. The van der Waals surface area contributed by atoms with Gasteiger partial charge in [-0.15, -0.1) is 11.3 Å². The Morgan fingerprint density at radius 3 is 2.91 bits per heavy atom. The predicted octanol–water partition coefficient (Wildman–Crippen LogP) is 1.76. The van der Waals surface area contributed by atoms with Crippen molar-refractivity contribution in [2.75, 3.05) is 5.32 Å². The molecule has 4 N–H and O–H groups in total. The molecule has 0 aliphatic heterocycles. The summed E-state index contributed by atoms with van der Waals surface area (Å²) in [5.74, 6) is -0.799. The van der Waals surface area contributed by atoms with Crippen molar-refractivity contribution in [2.45, 2.75) is 25.7 Å². The Labute approximate surface area is 131 Å². The van der Waals surface area contributed by atoms with Crippen molar-refractivity contribution in [2.24, 2.45) is 17.6 Å². The van der Waals surface area contributed by atoms with Crippen LogP contribution in [0.5, 0.6) is 0 Å². The van der Waals surface area contributed by atoms with Crippen molar-refractivity contribution in [3.63, 3.8) is 0 Å². The Bertz CT molecular complexity index is 667. The first-order chi connectivity index (χ1) is 10.6. The molecule has 0 aromatic carbocycles. The summed E-state index contributed by atoms with van der Waals surface area (Å²) in [6.07, 6.45) is 6.19. The Morgan fingerprint density at radius 1 is 1.36 bits per heavy atom. The summed E-state index contributed by atoms with van der Waals surface area (Å²) in [5, 5.41) is 12.3. The van der Waals surface area contributed by atoms with Crippen LogP contribution in [0.15, 0.2) is 17.8 Å². The largest absolute Gasteiger partial charge is 0.369 e. The van der Waals surface area contributed by atoms with Crippen LogP contribution in [0.1, 0.15) is 25.7 Å². The van der Waals surface area contributed by atoms with Crippen LogP contribution in [0, 0.1) is 11.8 Å². The van der Waals surface area contributed by atoms with Crippen LogP contribution < -0.4 is 11.1 Å². The monoisotopic (exact) mass is 319 g/mol. The zero-order chi connectivity index (χ0) is 15.5. The lowest BCUT2D eigenvalue weighted by Crippen LogP contribution is -2.33. The van der Waals surface area contributed by atoms with Crippen molar-refractivity contribution in [1.29, 1.82) is 0 Å². The van der Waals surface area contributed by atoms with Gasteiger partial charge < -0.3 is 11.1 Å². The highest BCUT2D eigenvalue weighted by molar-refractivity contribution is 7.13. The first-order valence-corrected chi connectivity index (χ1v) is 8.06. The van der Waals surface area contributed by atoms with Gasteiger partial charge in [0.05, 0.1) is 11.9 Å². The maximum absolute atomic E-state index is 12.4. The number of anilines is 1. The molecule has 1 saturated carbocycles. The number of aromatic amines is 1. The lowest BCUT2D eigenvalue weighted by Gasteiger charge is -2.26. The molecule has 0 spiro atoms. The Kier molecular flexibility index (Phi) is 4.19. The predicted molar refractivity (Wildman–Crippen MR) is 83.0 cm³/mol. The summed E-state index contributed by atoms with van der Waals surface area (Å²) >= 11 is 1.47. The molecule has 7 nitrogen and oxygen atoms in total. The van der Waals surface area contributed by atoms with E-state index in [1.54, 1.807) is 12.4 Å². The number of rotatable bonds is 4. The average Bonchev–Trinajstić information content (AvgIpc) is 3.18. The number of H-pyrrole nitrogens is 1. The molecule has 2 amide bonds. The van der Waals surface area contributed by atoms with Gasteiger partial charge in [0.1, 0.15) is 10.7 Å². The van der Waals surface area contributed by atoms with Crippen LogP contribution >= 0.6 is 11.3 Å². The Morgan fingerprint density at radius 2 is 2.18 bits per heavy atom. The van der Waals surface area contributed by atoms with E-state index in [0.29, 0.717) is 17.8 Å². The molecule has 2 heterocycles. The Hall–Kier alpha value is -2.22. The van der Waals surface area contributed by atoms with Gasteiger partial charge >= 0.3 is 0 Å². The van der Waals surface area contributed by atoms with E-state index in [4.69, 9.17) is 5.73 Å². The van der Waals surface area contributed by atoms with Crippen LogP contribution in [0.25, 0.3) is 10.7 Å². The highest BCUT2D eigenvalue weighted by atomic mass is 32.1. The molecule has 116 valence electrons. The second kappa shape index (κ2) is 6.27. The summed E-state index contributed by atoms with van der Waals surface area (Å²) in [6.45, 7) is 0. The van der Waals surface area contributed by atoms with E-state index in [0.717, 1.165) is 24.3 Å². The highest BCUT2D eigenvalue weighted by Gasteiger charge is 2.30. The SMILES string of the molecule is NC(=O)C1CCCC(C(=O)Nc2cn[nH]c2-c2nccs2)C1. The van der Waals surface area contributed by atoms with Crippen LogP contribution in [0.4, 0.5) is 5.69 Å². The van der Waals surface area contributed by atoms with E-state index in [9.17, 15) is 9.59 Å². The molecular formula is C14H17N5O2S. The van der Waals surface area contributed by atoms with Gasteiger partial charge in [0.2, 0.25) is 11.8 Å². The molecule has 2 unspecified atom stereocenters. The maximum atomic E-state index is 12.4. The summed E-state index contributed by atoms with van der Waals surface area (Å²) in [6, 6.07) is 0. The summed E-state index contributed by atoms with van der Waals surface area (Å²) in [5.41, 5.74) is 6.67. The average molecular weight is 319 g/mol. The van der Waals surface area contributed by atoms with Gasteiger partial charge in [-0.2, -0.15) is 5.10 Å². The second-order valence-electron chi connectivity index (χ2n) is 5.45. The third-order valence-electron chi connectivity index (χ3n) is 3.99. The number of hydrogen-bond acceptors (Lipinski definition) is 5.